The van der Waals surface area contributed by atoms with Gasteiger partial charge in [-0.3, -0.25) is 0 Å². The molecule has 0 amide bonds. The number of aliphatic imine (C=N–C) groups is 1. The molecule has 0 saturated heterocycles. The maximum atomic E-state index is 10.0. The molecule has 5 heteroatoms. The number of isocyanates is 1. The molecular formula is C10H6ClN3O. The molecule has 2 aromatic rings. The zero-order valence-electron chi connectivity index (χ0n) is 7.59. The molecule has 2 rings (SSSR count). The van der Waals surface area contributed by atoms with E-state index in [1.807, 2.05) is 0 Å². The predicted molar refractivity (Wildman–Crippen MR) is 56.4 cm³/mol. The molecule has 0 bridgehead atoms. The molecule has 0 aliphatic carbocycles. The van der Waals surface area contributed by atoms with Gasteiger partial charge < -0.3 is 4.57 Å². The van der Waals surface area contributed by atoms with E-state index >= 15 is 0 Å². The van der Waals surface area contributed by atoms with Gasteiger partial charge in [0.05, 0.1) is 22.7 Å². The highest BCUT2D eigenvalue weighted by atomic mass is 35.5. The van der Waals surface area contributed by atoms with Gasteiger partial charge in [-0.15, -0.1) is 0 Å². The smallest absolute Gasteiger partial charge is 0.240 e. The van der Waals surface area contributed by atoms with Gasteiger partial charge in [0.25, 0.3) is 0 Å². The first-order chi connectivity index (χ1) is 7.31. The van der Waals surface area contributed by atoms with Gasteiger partial charge in [-0.1, -0.05) is 11.6 Å². The van der Waals surface area contributed by atoms with Crippen molar-refractivity contribution in [3.63, 3.8) is 0 Å². The van der Waals surface area contributed by atoms with Crippen molar-refractivity contribution in [2.24, 2.45) is 4.99 Å². The molecule has 1 aromatic heterocycles. The van der Waals surface area contributed by atoms with E-state index in [4.69, 9.17) is 11.6 Å². The van der Waals surface area contributed by atoms with Gasteiger partial charge in [0, 0.05) is 12.4 Å². The molecule has 0 aliphatic heterocycles. The summed E-state index contributed by atoms with van der Waals surface area (Å²) in [4.78, 5) is 17.4. The second-order valence-electron chi connectivity index (χ2n) is 2.81. The predicted octanol–water partition coefficient (Wildman–Crippen LogP) is 2.49. The first kappa shape index (κ1) is 9.65. The van der Waals surface area contributed by atoms with E-state index in [2.05, 4.69) is 9.98 Å². The van der Waals surface area contributed by atoms with Crippen LogP contribution in [0.2, 0.25) is 5.02 Å². The largest absolute Gasteiger partial charge is 0.305 e. The van der Waals surface area contributed by atoms with Crippen LogP contribution in [0.4, 0.5) is 5.69 Å². The van der Waals surface area contributed by atoms with Crippen molar-refractivity contribution in [2.45, 2.75) is 0 Å². The normalized spacial score (nSPS) is 9.67. The Balaban J connectivity index is 2.48. The highest BCUT2D eigenvalue weighted by molar-refractivity contribution is 6.32. The molecule has 0 spiro atoms. The second-order valence-corrected chi connectivity index (χ2v) is 3.22. The molecule has 0 radical (unpaired) electrons. The lowest BCUT2D eigenvalue weighted by molar-refractivity contribution is 0.565. The van der Waals surface area contributed by atoms with Crippen LogP contribution < -0.4 is 0 Å². The second kappa shape index (κ2) is 4.09. The highest BCUT2D eigenvalue weighted by Gasteiger charge is 2.02. The summed E-state index contributed by atoms with van der Waals surface area (Å²) in [5.74, 6) is 0. The zero-order valence-corrected chi connectivity index (χ0v) is 8.35. The van der Waals surface area contributed by atoms with Gasteiger partial charge in [-0.05, 0) is 18.2 Å². The molecular weight excluding hydrogens is 214 g/mol. The Labute approximate surface area is 90.9 Å². The van der Waals surface area contributed by atoms with Crippen LogP contribution in [0.25, 0.3) is 5.69 Å². The van der Waals surface area contributed by atoms with Gasteiger partial charge in [-0.2, -0.15) is 4.99 Å². The quantitative estimate of drug-likeness (QED) is 0.576. The summed E-state index contributed by atoms with van der Waals surface area (Å²) in [6.07, 6.45) is 6.55. The maximum absolute atomic E-state index is 10.0. The van der Waals surface area contributed by atoms with Crippen LogP contribution in [0.1, 0.15) is 0 Å². The van der Waals surface area contributed by atoms with Crippen LogP contribution in [-0.4, -0.2) is 15.6 Å². The molecule has 0 atom stereocenters. The Kier molecular flexibility index (Phi) is 2.63. The fourth-order valence-electron chi connectivity index (χ4n) is 1.23. The summed E-state index contributed by atoms with van der Waals surface area (Å²) in [7, 11) is 0. The summed E-state index contributed by atoms with van der Waals surface area (Å²) in [5, 5.41) is 0.504. The maximum Gasteiger partial charge on any atom is 0.240 e. The lowest BCUT2D eigenvalue weighted by Crippen LogP contribution is -1.90. The topological polar surface area (TPSA) is 47.2 Å². The van der Waals surface area contributed by atoms with Crippen molar-refractivity contribution in [3.8, 4) is 5.69 Å². The number of hydrogen-bond donors (Lipinski definition) is 0. The zero-order chi connectivity index (χ0) is 10.7. The molecule has 1 aromatic carbocycles. The summed E-state index contributed by atoms with van der Waals surface area (Å²) in [5.41, 5.74) is 1.28. The van der Waals surface area contributed by atoms with E-state index in [0.717, 1.165) is 5.69 Å². The minimum Gasteiger partial charge on any atom is -0.305 e. The van der Waals surface area contributed by atoms with E-state index in [0.29, 0.717) is 10.7 Å². The Morgan fingerprint density at radius 2 is 2.33 bits per heavy atom. The number of imidazole rings is 1. The molecule has 0 unspecified atom stereocenters. The Morgan fingerprint density at radius 3 is 2.93 bits per heavy atom. The van der Waals surface area contributed by atoms with Gasteiger partial charge in [0.1, 0.15) is 0 Å². The van der Waals surface area contributed by atoms with Gasteiger partial charge in [0.15, 0.2) is 0 Å². The van der Waals surface area contributed by atoms with E-state index in [-0.39, 0.29) is 0 Å². The number of rotatable bonds is 2. The summed E-state index contributed by atoms with van der Waals surface area (Å²) in [6, 6.07) is 5.05. The van der Waals surface area contributed by atoms with Crippen LogP contribution in [-0.2, 0) is 4.79 Å². The number of hydrogen-bond acceptors (Lipinski definition) is 3. The standard InChI is InChI=1S/C10H6ClN3O/c11-9-5-8(13-7-15)1-2-10(9)14-4-3-12-6-14/h1-6H. The number of carbonyl (C=O) groups excluding carboxylic acids is 1. The molecule has 74 valence electrons. The first-order valence-corrected chi connectivity index (χ1v) is 4.55. The minimum absolute atomic E-state index is 0.485. The van der Waals surface area contributed by atoms with E-state index in [1.165, 1.54) is 6.08 Å². The van der Waals surface area contributed by atoms with Crippen molar-refractivity contribution >= 4 is 23.4 Å². The third-order valence-corrected chi connectivity index (χ3v) is 2.19. The molecule has 0 aliphatic rings. The minimum atomic E-state index is 0.485. The molecule has 1 heterocycles. The summed E-state index contributed by atoms with van der Waals surface area (Å²) >= 11 is 6.02. The third kappa shape index (κ3) is 1.96. The molecule has 0 N–H and O–H groups in total. The lowest BCUT2D eigenvalue weighted by Gasteiger charge is -2.04. The van der Waals surface area contributed by atoms with E-state index in [9.17, 15) is 4.79 Å². The molecule has 4 nitrogen and oxygen atoms in total. The number of nitrogens with zero attached hydrogens (tertiary/aromatic N) is 3. The van der Waals surface area contributed by atoms with Crippen molar-refractivity contribution in [2.75, 3.05) is 0 Å². The van der Waals surface area contributed by atoms with Crippen molar-refractivity contribution < 1.29 is 4.79 Å². The monoisotopic (exact) mass is 219 g/mol. The van der Waals surface area contributed by atoms with Gasteiger partial charge >= 0.3 is 0 Å². The van der Waals surface area contributed by atoms with Crippen molar-refractivity contribution in [3.05, 3.63) is 41.9 Å². The fraction of sp³-hybridized carbons (Fsp3) is 0. The molecule has 0 fully saturated rings. The van der Waals surface area contributed by atoms with Gasteiger partial charge in [0.2, 0.25) is 6.08 Å². The average Bonchev–Trinajstić information content (AvgIpc) is 2.71. The van der Waals surface area contributed by atoms with Crippen molar-refractivity contribution in [1.82, 2.24) is 9.55 Å². The lowest BCUT2D eigenvalue weighted by atomic mass is 10.3. The number of benzene rings is 1. The van der Waals surface area contributed by atoms with Crippen LogP contribution in [0.3, 0.4) is 0 Å². The first-order valence-electron chi connectivity index (χ1n) is 4.17. The van der Waals surface area contributed by atoms with E-state index < -0.39 is 0 Å². The van der Waals surface area contributed by atoms with Crippen LogP contribution in [0.5, 0.6) is 0 Å². The van der Waals surface area contributed by atoms with Crippen LogP contribution >= 0.6 is 11.6 Å². The summed E-state index contributed by atoms with van der Waals surface area (Å²) < 4.78 is 1.77. The third-order valence-electron chi connectivity index (χ3n) is 1.89. The Bertz CT molecular complexity index is 515. The molecule has 0 saturated carbocycles. The van der Waals surface area contributed by atoms with Gasteiger partial charge in [-0.25, -0.2) is 9.78 Å². The number of halogens is 1. The van der Waals surface area contributed by atoms with E-state index in [1.54, 1.807) is 41.5 Å². The Hall–Kier alpha value is -1.90. The SMILES string of the molecule is O=C=Nc1ccc(-n2ccnc2)c(Cl)c1. The molecule has 15 heavy (non-hydrogen) atoms. The fourth-order valence-corrected chi connectivity index (χ4v) is 1.50. The average molecular weight is 220 g/mol. The number of aromatic nitrogens is 2. The Morgan fingerprint density at radius 1 is 1.47 bits per heavy atom. The van der Waals surface area contributed by atoms with Crippen LogP contribution in [0, 0.1) is 0 Å². The van der Waals surface area contributed by atoms with Crippen LogP contribution in [0.15, 0.2) is 41.9 Å². The van der Waals surface area contributed by atoms with Crippen molar-refractivity contribution in [1.29, 1.82) is 0 Å². The summed E-state index contributed by atoms with van der Waals surface area (Å²) in [6.45, 7) is 0. The highest BCUT2D eigenvalue weighted by Crippen LogP contribution is 2.25.